The lowest BCUT2D eigenvalue weighted by atomic mass is 10.1. The topological polar surface area (TPSA) is 49.8 Å². The van der Waals surface area contributed by atoms with Gasteiger partial charge >= 0.3 is 0 Å². The largest absolute Gasteiger partial charge is 0.493 e. The van der Waals surface area contributed by atoms with Crippen molar-refractivity contribution < 1.29 is 14.6 Å². The molecule has 3 rings (SSSR count). The van der Waals surface area contributed by atoms with Crippen molar-refractivity contribution in [1.29, 1.82) is 0 Å². The van der Waals surface area contributed by atoms with Gasteiger partial charge in [-0.3, -0.25) is 4.79 Å². The molecule has 1 saturated heterocycles. The number of benzene rings is 1. The number of hydrogen-bond acceptors (Lipinski definition) is 3. The lowest BCUT2D eigenvalue weighted by Crippen LogP contribution is -2.29. The smallest absolute Gasteiger partial charge is 0.253 e. The molecule has 2 aliphatic heterocycles. The summed E-state index contributed by atoms with van der Waals surface area (Å²) < 4.78 is 5.41. The summed E-state index contributed by atoms with van der Waals surface area (Å²) in [6.07, 6.45) is 1.19. The molecule has 1 aromatic rings. The number of β-amino-alcohol motifs (C(OH)–C–C–N with tert-alkyl or cyclic N) is 1. The van der Waals surface area contributed by atoms with Crippen molar-refractivity contribution in [3.8, 4) is 5.75 Å². The number of nitrogens with zero attached hydrogens (tertiary/aromatic N) is 1. The van der Waals surface area contributed by atoms with E-state index in [4.69, 9.17) is 4.74 Å². The van der Waals surface area contributed by atoms with E-state index in [1.165, 1.54) is 0 Å². The number of aliphatic hydroxyl groups is 1. The van der Waals surface area contributed by atoms with E-state index in [2.05, 4.69) is 0 Å². The molecular formula is C13H15NO3. The summed E-state index contributed by atoms with van der Waals surface area (Å²) in [5.74, 6) is 0.902. The van der Waals surface area contributed by atoms with E-state index in [-0.39, 0.29) is 12.0 Å². The molecule has 1 atom stereocenters. The van der Waals surface area contributed by atoms with Gasteiger partial charge in [0.15, 0.2) is 0 Å². The van der Waals surface area contributed by atoms with Gasteiger partial charge in [-0.25, -0.2) is 0 Å². The Labute approximate surface area is 99.8 Å². The zero-order chi connectivity index (χ0) is 11.8. The highest BCUT2D eigenvalue weighted by atomic mass is 16.5. The average molecular weight is 233 g/mol. The summed E-state index contributed by atoms with van der Waals surface area (Å²) >= 11 is 0. The number of carbonyl (C=O) groups is 1. The molecule has 1 aromatic carbocycles. The molecular weight excluding hydrogens is 218 g/mol. The van der Waals surface area contributed by atoms with Crippen LogP contribution in [0.25, 0.3) is 0 Å². The van der Waals surface area contributed by atoms with Crippen LogP contribution in [0.2, 0.25) is 0 Å². The third-order valence-corrected chi connectivity index (χ3v) is 3.39. The molecule has 0 radical (unpaired) electrons. The number of rotatable bonds is 1. The number of carbonyl (C=O) groups excluding carboxylic acids is 1. The third kappa shape index (κ3) is 1.89. The predicted octanol–water partition coefficient (Wildman–Crippen LogP) is 0.828. The maximum atomic E-state index is 12.2. The zero-order valence-electron chi connectivity index (χ0n) is 9.56. The minimum Gasteiger partial charge on any atom is -0.493 e. The highest BCUT2D eigenvalue weighted by molar-refractivity contribution is 5.94. The van der Waals surface area contributed by atoms with Crippen LogP contribution in [0.1, 0.15) is 22.3 Å². The molecule has 0 spiro atoms. The Balaban J connectivity index is 1.82. The van der Waals surface area contributed by atoms with Gasteiger partial charge in [-0.15, -0.1) is 0 Å². The van der Waals surface area contributed by atoms with Crippen LogP contribution < -0.4 is 4.74 Å². The fourth-order valence-electron chi connectivity index (χ4n) is 2.43. The van der Waals surface area contributed by atoms with E-state index in [0.29, 0.717) is 31.7 Å². The van der Waals surface area contributed by atoms with Crippen LogP contribution in [0.3, 0.4) is 0 Å². The Hall–Kier alpha value is -1.55. The molecule has 0 saturated carbocycles. The Bertz CT molecular complexity index is 458. The van der Waals surface area contributed by atoms with E-state index in [0.717, 1.165) is 17.7 Å². The van der Waals surface area contributed by atoms with Crippen LogP contribution in [0.4, 0.5) is 0 Å². The molecule has 2 heterocycles. The molecule has 0 unspecified atom stereocenters. The van der Waals surface area contributed by atoms with Crippen LogP contribution in [-0.4, -0.2) is 41.7 Å². The number of aliphatic hydroxyl groups excluding tert-OH is 1. The van der Waals surface area contributed by atoms with Gasteiger partial charge in [0.25, 0.3) is 5.91 Å². The van der Waals surface area contributed by atoms with Gasteiger partial charge in [-0.05, 0) is 30.2 Å². The molecule has 1 fully saturated rings. The summed E-state index contributed by atoms with van der Waals surface area (Å²) in [4.78, 5) is 13.9. The molecule has 2 aliphatic rings. The van der Waals surface area contributed by atoms with Crippen molar-refractivity contribution in [2.75, 3.05) is 19.7 Å². The van der Waals surface area contributed by atoms with E-state index >= 15 is 0 Å². The third-order valence-electron chi connectivity index (χ3n) is 3.39. The zero-order valence-corrected chi connectivity index (χ0v) is 9.56. The van der Waals surface area contributed by atoms with Crippen molar-refractivity contribution >= 4 is 5.91 Å². The average Bonchev–Trinajstić information content (AvgIpc) is 2.95. The second kappa shape index (κ2) is 4.04. The number of likely N-dealkylation sites (tertiary alicyclic amines) is 1. The second-order valence-corrected chi connectivity index (χ2v) is 4.61. The number of hydrogen-bond donors (Lipinski definition) is 1. The standard InChI is InChI=1S/C13H15NO3/c15-11-3-5-14(8-11)13(16)10-1-2-12-9(7-10)4-6-17-12/h1-2,7,11,15H,3-6,8H2/t11-/m1/s1. The summed E-state index contributed by atoms with van der Waals surface area (Å²) in [6.45, 7) is 1.80. The molecule has 0 aromatic heterocycles. The van der Waals surface area contributed by atoms with Crippen molar-refractivity contribution in [3.63, 3.8) is 0 Å². The van der Waals surface area contributed by atoms with Crippen LogP contribution in [-0.2, 0) is 6.42 Å². The Morgan fingerprint density at radius 1 is 1.47 bits per heavy atom. The fourth-order valence-corrected chi connectivity index (χ4v) is 2.43. The minimum absolute atomic E-state index is 0.0104. The first-order chi connectivity index (χ1) is 8.24. The number of fused-ring (bicyclic) bond motifs is 1. The summed E-state index contributed by atoms with van der Waals surface area (Å²) in [6, 6.07) is 5.58. The summed E-state index contributed by atoms with van der Waals surface area (Å²) in [5, 5.41) is 9.44. The van der Waals surface area contributed by atoms with Crippen LogP contribution in [0.15, 0.2) is 18.2 Å². The fraction of sp³-hybridized carbons (Fsp3) is 0.462. The molecule has 4 nitrogen and oxygen atoms in total. The molecule has 1 amide bonds. The van der Waals surface area contributed by atoms with Crippen LogP contribution in [0, 0.1) is 0 Å². The summed E-state index contributed by atoms with van der Waals surface area (Å²) in [5.41, 5.74) is 1.80. The first kappa shape index (κ1) is 10.6. The van der Waals surface area contributed by atoms with Crippen molar-refractivity contribution in [2.24, 2.45) is 0 Å². The van der Waals surface area contributed by atoms with E-state index in [9.17, 15) is 9.90 Å². The Morgan fingerprint density at radius 3 is 3.12 bits per heavy atom. The monoisotopic (exact) mass is 233 g/mol. The van der Waals surface area contributed by atoms with Gasteiger partial charge < -0.3 is 14.7 Å². The lowest BCUT2D eigenvalue weighted by Gasteiger charge is -2.15. The molecule has 17 heavy (non-hydrogen) atoms. The molecule has 0 bridgehead atoms. The van der Waals surface area contributed by atoms with Gasteiger partial charge in [-0.1, -0.05) is 0 Å². The predicted molar refractivity (Wildman–Crippen MR) is 62.2 cm³/mol. The number of amides is 1. The van der Waals surface area contributed by atoms with E-state index in [1.807, 2.05) is 12.1 Å². The minimum atomic E-state index is -0.364. The normalized spacial score (nSPS) is 22.4. The van der Waals surface area contributed by atoms with Crippen molar-refractivity contribution in [3.05, 3.63) is 29.3 Å². The highest BCUT2D eigenvalue weighted by Crippen LogP contribution is 2.26. The molecule has 90 valence electrons. The quantitative estimate of drug-likeness (QED) is 0.781. The lowest BCUT2D eigenvalue weighted by molar-refractivity contribution is 0.0765. The van der Waals surface area contributed by atoms with Gasteiger partial charge in [0.1, 0.15) is 5.75 Å². The van der Waals surface area contributed by atoms with Crippen LogP contribution >= 0.6 is 0 Å². The first-order valence-electron chi connectivity index (χ1n) is 5.97. The van der Waals surface area contributed by atoms with E-state index < -0.39 is 0 Å². The molecule has 1 N–H and O–H groups in total. The van der Waals surface area contributed by atoms with Gasteiger partial charge in [0.05, 0.1) is 12.7 Å². The maximum Gasteiger partial charge on any atom is 0.253 e. The maximum absolute atomic E-state index is 12.2. The number of ether oxygens (including phenoxy) is 1. The van der Waals surface area contributed by atoms with Crippen molar-refractivity contribution in [1.82, 2.24) is 4.90 Å². The highest BCUT2D eigenvalue weighted by Gasteiger charge is 2.26. The summed E-state index contributed by atoms with van der Waals surface area (Å²) in [7, 11) is 0. The van der Waals surface area contributed by atoms with E-state index in [1.54, 1.807) is 11.0 Å². The Morgan fingerprint density at radius 2 is 2.35 bits per heavy atom. The van der Waals surface area contributed by atoms with Gasteiger partial charge in [0, 0.05) is 25.1 Å². The SMILES string of the molecule is O=C(c1ccc2c(c1)CCO2)N1CC[C@@H](O)C1. The Kier molecular flexibility index (Phi) is 2.52. The van der Waals surface area contributed by atoms with Gasteiger partial charge in [0.2, 0.25) is 0 Å². The van der Waals surface area contributed by atoms with Crippen LogP contribution in [0.5, 0.6) is 5.75 Å². The molecule has 4 heteroatoms. The first-order valence-corrected chi connectivity index (χ1v) is 5.97. The molecule has 0 aliphatic carbocycles. The van der Waals surface area contributed by atoms with Crippen molar-refractivity contribution in [2.45, 2.75) is 18.9 Å². The van der Waals surface area contributed by atoms with Gasteiger partial charge in [-0.2, -0.15) is 0 Å². The second-order valence-electron chi connectivity index (χ2n) is 4.61.